The molecule has 132 valence electrons. The quantitative estimate of drug-likeness (QED) is 0.650. The Kier molecular flexibility index (Phi) is 5.99. The lowest BCUT2D eigenvalue weighted by atomic mass is 10.1. The van der Waals surface area contributed by atoms with Gasteiger partial charge in [-0.15, -0.1) is 0 Å². The van der Waals surface area contributed by atoms with Gasteiger partial charge >= 0.3 is 0 Å². The van der Waals surface area contributed by atoms with Crippen molar-refractivity contribution in [1.29, 1.82) is 0 Å². The van der Waals surface area contributed by atoms with Crippen molar-refractivity contribution in [2.24, 2.45) is 0 Å². The van der Waals surface area contributed by atoms with E-state index in [4.69, 9.17) is 4.74 Å². The molecule has 3 rings (SSSR count). The van der Waals surface area contributed by atoms with Crippen molar-refractivity contribution >= 4 is 5.91 Å². The Balaban J connectivity index is 1.77. The van der Waals surface area contributed by atoms with E-state index < -0.39 is 0 Å². The zero-order valence-corrected chi connectivity index (χ0v) is 14.8. The third-order valence-corrected chi connectivity index (χ3v) is 4.22. The van der Waals surface area contributed by atoms with Crippen LogP contribution in [0.25, 0.3) is 0 Å². The number of carbonyl (C=O) groups is 1. The summed E-state index contributed by atoms with van der Waals surface area (Å²) in [7, 11) is 1.62. The first kappa shape index (κ1) is 17.7. The molecule has 4 nitrogen and oxygen atoms in total. The van der Waals surface area contributed by atoms with E-state index in [1.54, 1.807) is 25.4 Å². The monoisotopic (exact) mass is 346 g/mol. The van der Waals surface area contributed by atoms with Crippen molar-refractivity contribution in [1.82, 2.24) is 9.88 Å². The van der Waals surface area contributed by atoms with Crippen LogP contribution in [0.1, 0.15) is 21.6 Å². The highest BCUT2D eigenvalue weighted by atomic mass is 16.5. The molecule has 1 amide bonds. The first-order chi connectivity index (χ1) is 12.8. The van der Waals surface area contributed by atoms with Crippen molar-refractivity contribution in [2.45, 2.75) is 13.0 Å². The van der Waals surface area contributed by atoms with Gasteiger partial charge in [-0.1, -0.05) is 36.4 Å². The number of benzene rings is 2. The molecular formula is C22H22N2O2. The number of hydrogen-bond acceptors (Lipinski definition) is 3. The molecular weight excluding hydrogens is 324 g/mol. The van der Waals surface area contributed by atoms with E-state index in [0.29, 0.717) is 18.7 Å². The molecule has 0 unspecified atom stereocenters. The number of hydrogen-bond donors (Lipinski definition) is 0. The first-order valence-corrected chi connectivity index (χ1v) is 8.63. The molecule has 0 atom stereocenters. The normalized spacial score (nSPS) is 10.3. The highest BCUT2D eigenvalue weighted by Gasteiger charge is 2.17. The molecule has 1 heterocycles. The van der Waals surface area contributed by atoms with Crippen LogP contribution >= 0.6 is 0 Å². The lowest BCUT2D eigenvalue weighted by Crippen LogP contribution is -2.32. The molecule has 26 heavy (non-hydrogen) atoms. The minimum Gasteiger partial charge on any atom is -0.497 e. The molecule has 0 saturated heterocycles. The maximum atomic E-state index is 13.0. The Morgan fingerprint density at radius 2 is 1.69 bits per heavy atom. The summed E-state index contributed by atoms with van der Waals surface area (Å²) in [6.45, 7) is 1.12. The Bertz CT molecular complexity index is 818. The molecule has 0 spiro atoms. The molecule has 0 N–H and O–H groups in total. The summed E-state index contributed by atoms with van der Waals surface area (Å²) in [6, 6.07) is 23.2. The van der Waals surface area contributed by atoms with Gasteiger partial charge in [-0.2, -0.15) is 0 Å². The summed E-state index contributed by atoms with van der Waals surface area (Å²) in [4.78, 5) is 19.2. The van der Waals surface area contributed by atoms with Crippen LogP contribution in [0.4, 0.5) is 0 Å². The molecule has 2 aromatic carbocycles. The summed E-state index contributed by atoms with van der Waals surface area (Å²) in [5.74, 6) is 0.733. The number of pyridine rings is 1. The summed E-state index contributed by atoms with van der Waals surface area (Å²) < 4.78 is 5.18. The number of ether oxygens (including phenoxy) is 1. The van der Waals surface area contributed by atoms with Crippen molar-refractivity contribution in [3.05, 3.63) is 95.8 Å². The second kappa shape index (κ2) is 8.81. The van der Waals surface area contributed by atoms with Crippen LogP contribution in [0.5, 0.6) is 5.75 Å². The molecule has 3 aromatic rings. The van der Waals surface area contributed by atoms with Gasteiger partial charge in [0.25, 0.3) is 5.91 Å². The van der Waals surface area contributed by atoms with E-state index in [-0.39, 0.29) is 5.91 Å². The van der Waals surface area contributed by atoms with Gasteiger partial charge in [-0.25, -0.2) is 0 Å². The number of amides is 1. The number of rotatable bonds is 7. The highest BCUT2D eigenvalue weighted by molar-refractivity contribution is 5.94. The van der Waals surface area contributed by atoms with Gasteiger partial charge in [0.15, 0.2) is 0 Å². The van der Waals surface area contributed by atoms with Crippen LogP contribution < -0.4 is 4.74 Å². The first-order valence-electron chi connectivity index (χ1n) is 8.63. The topological polar surface area (TPSA) is 42.4 Å². The third kappa shape index (κ3) is 4.70. The standard InChI is InChI=1S/C22H22N2O2/c1-26-21-12-10-19(11-13-21)22(25)24(17-20-9-5-6-15-23-20)16-14-18-7-3-2-4-8-18/h2-13,15H,14,16-17H2,1H3. The molecule has 0 fully saturated rings. The van der Waals surface area contributed by atoms with E-state index in [1.807, 2.05) is 53.4 Å². The fourth-order valence-corrected chi connectivity index (χ4v) is 2.76. The van der Waals surface area contributed by atoms with Crippen LogP contribution in [0, 0.1) is 0 Å². The largest absolute Gasteiger partial charge is 0.497 e. The predicted octanol–water partition coefficient (Wildman–Crippen LogP) is 3.98. The molecule has 0 aliphatic carbocycles. The number of nitrogens with zero attached hydrogens (tertiary/aromatic N) is 2. The number of methoxy groups -OCH3 is 1. The van der Waals surface area contributed by atoms with Gasteiger partial charge in [-0.05, 0) is 48.4 Å². The van der Waals surface area contributed by atoms with E-state index in [1.165, 1.54) is 5.56 Å². The summed E-state index contributed by atoms with van der Waals surface area (Å²) in [5, 5.41) is 0. The average Bonchev–Trinajstić information content (AvgIpc) is 2.72. The van der Waals surface area contributed by atoms with Gasteiger partial charge < -0.3 is 9.64 Å². The Hall–Kier alpha value is -3.14. The summed E-state index contributed by atoms with van der Waals surface area (Å²) in [5.41, 5.74) is 2.73. The molecule has 0 radical (unpaired) electrons. The third-order valence-electron chi connectivity index (χ3n) is 4.22. The Morgan fingerprint density at radius 1 is 0.962 bits per heavy atom. The predicted molar refractivity (Wildman–Crippen MR) is 102 cm³/mol. The number of carbonyl (C=O) groups excluding carboxylic acids is 1. The van der Waals surface area contributed by atoms with E-state index in [2.05, 4.69) is 17.1 Å². The average molecular weight is 346 g/mol. The highest BCUT2D eigenvalue weighted by Crippen LogP contribution is 2.15. The van der Waals surface area contributed by atoms with Crippen LogP contribution in [-0.2, 0) is 13.0 Å². The molecule has 4 heteroatoms. The fraction of sp³-hybridized carbons (Fsp3) is 0.182. The maximum absolute atomic E-state index is 13.0. The fourth-order valence-electron chi connectivity index (χ4n) is 2.76. The van der Waals surface area contributed by atoms with E-state index in [0.717, 1.165) is 17.9 Å². The van der Waals surface area contributed by atoms with Crippen LogP contribution in [0.15, 0.2) is 79.0 Å². The van der Waals surface area contributed by atoms with Gasteiger partial charge in [0.2, 0.25) is 0 Å². The van der Waals surface area contributed by atoms with E-state index in [9.17, 15) is 4.79 Å². The second-order valence-corrected chi connectivity index (χ2v) is 6.01. The lowest BCUT2D eigenvalue weighted by Gasteiger charge is -2.23. The molecule has 0 aliphatic rings. The molecule has 0 saturated carbocycles. The smallest absolute Gasteiger partial charge is 0.254 e. The Labute approximate surface area is 154 Å². The van der Waals surface area contributed by atoms with Crippen LogP contribution in [0.3, 0.4) is 0 Å². The van der Waals surface area contributed by atoms with Gasteiger partial charge in [0, 0.05) is 18.3 Å². The molecule has 0 aliphatic heterocycles. The van der Waals surface area contributed by atoms with Crippen molar-refractivity contribution in [3.8, 4) is 5.75 Å². The van der Waals surface area contributed by atoms with Crippen molar-refractivity contribution in [3.63, 3.8) is 0 Å². The molecule has 1 aromatic heterocycles. The second-order valence-electron chi connectivity index (χ2n) is 6.01. The zero-order chi connectivity index (χ0) is 18.2. The Morgan fingerprint density at radius 3 is 2.35 bits per heavy atom. The minimum absolute atomic E-state index is 0.00534. The lowest BCUT2D eigenvalue weighted by molar-refractivity contribution is 0.0743. The van der Waals surface area contributed by atoms with Gasteiger partial charge in [-0.3, -0.25) is 9.78 Å². The van der Waals surface area contributed by atoms with Crippen LogP contribution in [0.2, 0.25) is 0 Å². The SMILES string of the molecule is COc1ccc(C(=O)N(CCc2ccccc2)Cc2ccccn2)cc1. The number of aromatic nitrogens is 1. The van der Waals surface area contributed by atoms with Crippen molar-refractivity contribution < 1.29 is 9.53 Å². The summed E-state index contributed by atoms with van der Waals surface area (Å²) >= 11 is 0. The van der Waals surface area contributed by atoms with Crippen molar-refractivity contribution in [2.75, 3.05) is 13.7 Å². The van der Waals surface area contributed by atoms with Gasteiger partial charge in [0.05, 0.1) is 19.3 Å². The van der Waals surface area contributed by atoms with Gasteiger partial charge in [0.1, 0.15) is 5.75 Å². The minimum atomic E-state index is -0.00534. The van der Waals surface area contributed by atoms with Crippen LogP contribution in [-0.4, -0.2) is 29.4 Å². The maximum Gasteiger partial charge on any atom is 0.254 e. The summed E-state index contributed by atoms with van der Waals surface area (Å²) in [6.07, 6.45) is 2.55. The van der Waals surface area contributed by atoms with E-state index >= 15 is 0 Å². The molecule has 0 bridgehead atoms. The zero-order valence-electron chi connectivity index (χ0n) is 14.8.